The van der Waals surface area contributed by atoms with Gasteiger partial charge < -0.3 is 14.8 Å². The van der Waals surface area contributed by atoms with Gasteiger partial charge in [-0.05, 0) is 43.2 Å². The summed E-state index contributed by atoms with van der Waals surface area (Å²) in [7, 11) is 0. The standard InChI is InChI=1S/C19H20Cl2FNO2/c20-15-4-6-19(25-12-13-3-5-16(22)9-18(13)21)14(8-15)10-23-11-17-2-1-7-24-17/h3-6,8-9,17,23H,1-2,7,10-12H2. The second-order valence-corrected chi connectivity index (χ2v) is 6.89. The smallest absolute Gasteiger partial charge is 0.124 e. The van der Waals surface area contributed by atoms with E-state index in [2.05, 4.69) is 5.32 Å². The normalized spacial score (nSPS) is 17.0. The summed E-state index contributed by atoms with van der Waals surface area (Å²) in [5.74, 6) is 0.365. The summed E-state index contributed by atoms with van der Waals surface area (Å²) in [5.41, 5.74) is 1.69. The zero-order chi connectivity index (χ0) is 17.6. The largest absolute Gasteiger partial charge is 0.489 e. The van der Waals surface area contributed by atoms with E-state index in [0.717, 1.165) is 42.9 Å². The zero-order valence-electron chi connectivity index (χ0n) is 13.7. The number of hydrogen-bond acceptors (Lipinski definition) is 3. The lowest BCUT2D eigenvalue weighted by atomic mass is 10.2. The summed E-state index contributed by atoms with van der Waals surface area (Å²) >= 11 is 12.2. The third-order valence-electron chi connectivity index (χ3n) is 4.13. The molecule has 2 aromatic rings. The molecule has 0 spiro atoms. The van der Waals surface area contributed by atoms with Gasteiger partial charge in [-0.2, -0.15) is 0 Å². The molecular weight excluding hydrogens is 364 g/mol. The van der Waals surface area contributed by atoms with Crippen molar-refractivity contribution in [2.24, 2.45) is 0 Å². The Morgan fingerprint density at radius 2 is 2.04 bits per heavy atom. The Kier molecular flexibility index (Phi) is 6.54. The van der Waals surface area contributed by atoms with Crippen molar-refractivity contribution in [2.45, 2.75) is 32.1 Å². The molecule has 1 saturated heterocycles. The minimum absolute atomic E-state index is 0.263. The van der Waals surface area contributed by atoms with Crippen molar-refractivity contribution in [1.82, 2.24) is 5.32 Å². The SMILES string of the molecule is Fc1ccc(COc2ccc(Cl)cc2CNCC2CCCO2)c(Cl)c1. The van der Waals surface area contributed by atoms with Gasteiger partial charge in [0.1, 0.15) is 18.2 Å². The molecule has 0 aromatic heterocycles. The van der Waals surface area contributed by atoms with Gasteiger partial charge in [-0.3, -0.25) is 0 Å². The third kappa shape index (κ3) is 5.32. The third-order valence-corrected chi connectivity index (χ3v) is 4.72. The maximum Gasteiger partial charge on any atom is 0.124 e. The molecule has 1 heterocycles. The first kappa shape index (κ1) is 18.5. The number of hydrogen-bond donors (Lipinski definition) is 1. The summed E-state index contributed by atoms with van der Waals surface area (Å²) in [6.45, 7) is 2.54. The lowest BCUT2D eigenvalue weighted by Gasteiger charge is -2.15. The molecule has 3 nitrogen and oxygen atoms in total. The Balaban J connectivity index is 1.61. The van der Waals surface area contributed by atoms with Crippen LogP contribution in [0.3, 0.4) is 0 Å². The van der Waals surface area contributed by atoms with Crippen LogP contribution >= 0.6 is 23.2 Å². The molecule has 3 rings (SSSR count). The highest BCUT2D eigenvalue weighted by atomic mass is 35.5. The van der Waals surface area contributed by atoms with E-state index in [4.69, 9.17) is 32.7 Å². The molecule has 1 aliphatic rings. The molecule has 1 unspecified atom stereocenters. The Morgan fingerprint density at radius 1 is 1.16 bits per heavy atom. The maximum atomic E-state index is 13.1. The summed E-state index contributed by atoms with van der Waals surface area (Å²) in [4.78, 5) is 0. The molecule has 6 heteroatoms. The van der Waals surface area contributed by atoms with Crippen molar-refractivity contribution in [2.75, 3.05) is 13.2 Å². The summed E-state index contributed by atoms with van der Waals surface area (Å²) in [5, 5.41) is 4.40. The number of halogens is 3. The molecule has 0 saturated carbocycles. The Bertz CT molecular complexity index is 721. The van der Waals surface area contributed by atoms with E-state index in [9.17, 15) is 4.39 Å². The summed E-state index contributed by atoms with van der Waals surface area (Å²) in [6, 6.07) is 9.78. The van der Waals surface area contributed by atoms with Gasteiger partial charge >= 0.3 is 0 Å². The minimum atomic E-state index is -0.362. The summed E-state index contributed by atoms with van der Waals surface area (Å²) < 4.78 is 24.6. The average Bonchev–Trinajstić information content (AvgIpc) is 3.09. The second-order valence-electron chi connectivity index (χ2n) is 6.04. The average molecular weight is 384 g/mol. The second kappa shape index (κ2) is 8.86. The van der Waals surface area contributed by atoms with Crippen LogP contribution in [0.25, 0.3) is 0 Å². The van der Waals surface area contributed by atoms with Crippen LogP contribution in [0.15, 0.2) is 36.4 Å². The predicted molar refractivity (Wildman–Crippen MR) is 97.9 cm³/mol. The van der Waals surface area contributed by atoms with E-state index in [1.807, 2.05) is 12.1 Å². The van der Waals surface area contributed by atoms with Gasteiger partial charge in [-0.15, -0.1) is 0 Å². The van der Waals surface area contributed by atoms with Crippen LogP contribution in [-0.2, 0) is 17.9 Å². The monoisotopic (exact) mass is 383 g/mol. The van der Waals surface area contributed by atoms with E-state index >= 15 is 0 Å². The molecule has 2 aromatic carbocycles. The van der Waals surface area contributed by atoms with Gasteiger partial charge in [-0.1, -0.05) is 29.3 Å². The quantitative estimate of drug-likeness (QED) is 0.731. The predicted octanol–water partition coefficient (Wildman–Crippen LogP) is 4.98. The fourth-order valence-electron chi connectivity index (χ4n) is 2.79. The molecule has 0 aliphatic carbocycles. The highest BCUT2D eigenvalue weighted by Gasteiger charge is 2.15. The van der Waals surface area contributed by atoms with Crippen molar-refractivity contribution >= 4 is 23.2 Å². The zero-order valence-corrected chi connectivity index (χ0v) is 15.2. The number of nitrogens with one attached hydrogen (secondary N) is 1. The molecule has 134 valence electrons. The van der Waals surface area contributed by atoms with Crippen molar-refractivity contribution in [3.63, 3.8) is 0 Å². The molecule has 0 bridgehead atoms. The molecule has 0 radical (unpaired) electrons. The van der Waals surface area contributed by atoms with E-state index < -0.39 is 0 Å². The first-order valence-electron chi connectivity index (χ1n) is 8.29. The lowest BCUT2D eigenvalue weighted by molar-refractivity contribution is 0.110. The number of rotatable bonds is 7. The number of ether oxygens (including phenoxy) is 2. The highest BCUT2D eigenvalue weighted by molar-refractivity contribution is 6.31. The van der Waals surface area contributed by atoms with E-state index in [0.29, 0.717) is 16.6 Å². The van der Waals surface area contributed by atoms with Crippen LogP contribution in [-0.4, -0.2) is 19.3 Å². The van der Waals surface area contributed by atoms with Gasteiger partial charge in [0.25, 0.3) is 0 Å². The maximum absolute atomic E-state index is 13.1. The van der Waals surface area contributed by atoms with Gasteiger partial charge in [0.15, 0.2) is 0 Å². The Morgan fingerprint density at radius 3 is 2.80 bits per heavy atom. The van der Waals surface area contributed by atoms with Crippen LogP contribution in [0.5, 0.6) is 5.75 Å². The van der Waals surface area contributed by atoms with Gasteiger partial charge in [0.05, 0.1) is 11.1 Å². The van der Waals surface area contributed by atoms with Crippen molar-refractivity contribution in [3.05, 3.63) is 63.4 Å². The van der Waals surface area contributed by atoms with Crippen LogP contribution < -0.4 is 10.1 Å². The minimum Gasteiger partial charge on any atom is -0.489 e. The highest BCUT2D eigenvalue weighted by Crippen LogP contribution is 2.25. The van der Waals surface area contributed by atoms with Gasteiger partial charge in [0, 0.05) is 35.8 Å². The fraction of sp³-hybridized carbons (Fsp3) is 0.368. The Hall–Kier alpha value is -1.33. The Labute approximate surface area is 157 Å². The molecule has 1 atom stereocenters. The van der Waals surface area contributed by atoms with E-state index in [-0.39, 0.29) is 18.5 Å². The van der Waals surface area contributed by atoms with Crippen molar-refractivity contribution < 1.29 is 13.9 Å². The first-order valence-corrected chi connectivity index (χ1v) is 9.05. The van der Waals surface area contributed by atoms with Gasteiger partial charge in [0.2, 0.25) is 0 Å². The van der Waals surface area contributed by atoms with E-state index in [1.165, 1.54) is 12.1 Å². The molecule has 1 aliphatic heterocycles. The molecular formula is C19H20Cl2FNO2. The van der Waals surface area contributed by atoms with Crippen LogP contribution in [0.4, 0.5) is 4.39 Å². The van der Waals surface area contributed by atoms with Crippen LogP contribution in [0, 0.1) is 5.82 Å². The van der Waals surface area contributed by atoms with Crippen LogP contribution in [0.1, 0.15) is 24.0 Å². The van der Waals surface area contributed by atoms with Gasteiger partial charge in [-0.25, -0.2) is 4.39 Å². The van der Waals surface area contributed by atoms with E-state index in [1.54, 1.807) is 12.1 Å². The molecule has 1 N–H and O–H groups in total. The molecule has 0 amide bonds. The molecule has 1 fully saturated rings. The lowest BCUT2D eigenvalue weighted by Crippen LogP contribution is -2.26. The topological polar surface area (TPSA) is 30.5 Å². The molecule has 25 heavy (non-hydrogen) atoms. The van der Waals surface area contributed by atoms with Crippen molar-refractivity contribution in [3.8, 4) is 5.75 Å². The summed E-state index contributed by atoms with van der Waals surface area (Å²) in [6.07, 6.45) is 2.49. The fourth-order valence-corrected chi connectivity index (χ4v) is 3.21. The number of benzene rings is 2. The van der Waals surface area contributed by atoms with Crippen LogP contribution in [0.2, 0.25) is 10.0 Å². The van der Waals surface area contributed by atoms with Crippen molar-refractivity contribution in [1.29, 1.82) is 0 Å². The first-order chi connectivity index (χ1) is 12.1.